The lowest BCUT2D eigenvalue weighted by molar-refractivity contribution is 0.0950. The van der Waals surface area contributed by atoms with E-state index in [1.54, 1.807) is 24.3 Å². The van der Waals surface area contributed by atoms with Crippen LogP contribution in [0.15, 0.2) is 30.6 Å². The highest BCUT2D eigenvalue weighted by molar-refractivity contribution is 5.94. The number of amides is 1. The molecule has 18 heavy (non-hydrogen) atoms. The second-order valence-corrected chi connectivity index (χ2v) is 4.28. The Balaban J connectivity index is 1.72. The molecule has 2 aromatic rings. The molecule has 0 saturated heterocycles. The molecule has 3 rings (SSSR count). The topological polar surface area (TPSA) is 98.7 Å². The lowest BCUT2D eigenvalue weighted by Gasteiger charge is -2.04. The Labute approximate surface area is 103 Å². The molecule has 0 aliphatic heterocycles. The standard InChI is InChI=1S/C11H12N6O/c12-9-5-10(9)14-11(18)7-1-3-8(4-2-7)17-6-13-15-16-17/h1-4,6,9-10H,5,12H2,(H,14,18). The zero-order valence-corrected chi connectivity index (χ0v) is 9.52. The number of hydrogen-bond donors (Lipinski definition) is 2. The Morgan fingerprint density at radius 1 is 1.39 bits per heavy atom. The van der Waals surface area contributed by atoms with Crippen molar-refractivity contribution >= 4 is 5.91 Å². The highest BCUT2D eigenvalue weighted by Crippen LogP contribution is 2.18. The SMILES string of the molecule is NC1CC1NC(=O)c1ccc(-n2cnnn2)cc1. The van der Waals surface area contributed by atoms with Gasteiger partial charge in [-0.05, 0) is 41.1 Å². The molecule has 0 radical (unpaired) electrons. The molecule has 2 unspecified atom stereocenters. The van der Waals surface area contributed by atoms with Crippen LogP contribution in [0.3, 0.4) is 0 Å². The molecule has 1 saturated carbocycles. The molecule has 0 spiro atoms. The highest BCUT2D eigenvalue weighted by atomic mass is 16.1. The van der Waals surface area contributed by atoms with Crippen LogP contribution in [0.1, 0.15) is 16.8 Å². The van der Waals surface area contributed by atoms with E-state index in [1.807, 2.05) is 0 Å². The molecule has 1 aromatic carbocycles. The van der Waals surface area contributed by atoms with Crippen molar-refractivity contribution in [1.82, 2.24) is 25.5 Å². The van der Waals surface area contributed by atoms with Gasteiger partial charge in [0.05, 0.1) is 5.69 Å². The first-order valence-corrected chi connectivity index (χ1v) is 5.64. The van der Waals surface area contributed by atoms with Crippen LogP contribution in [-0.2, 0) is 0 Å². The molecular formula is C11H12N6O. The van der Waals surface area contributed by atoms with Gasteiger partial charge in [-0.2, -0.15) is 0 Å². The van der Waals surface area contributed by atoms with E-state index in [4.69, 9.17) is 5.73 Å². The van der Waals surface area contributed by atoms with Crippen LogP contribution in [-0.4, -0.2) is 38.2 Å². The second-order valence-electron chi connectivity index (χ2n) is 4.28. The summed E-state index contributed by atoms with van der Waals surface area (Å²) in [5.74, 6) is -0.101. The zero-order chi connectivity index (χ0) is 12.5. The molecule has 1 fully saturated rings. The summed E-state index contributed by atoms with van der Waals surface area (Å²) < 4.78 is 1.53. The summed E-state index contributed by atoms with van der Waals surface area (Å²) >= 11 is 0. The smallest absolute Gasteiger partial charge is 0.251 e. The summed E-state index contributed by atoms with van der Waals surface area (Å²) in [6, 6.07) is 7.28. The number of benzene rings is 1. The maximum Gasteiger partial charge on any atom is 0.251 e. The minimum Gasteiger partial charge on any atom is -0.348 e. The van der Waals surface area contributed by atoms with Gasteiger partial charge in [0.15, 0.2) is 0 Å². The van der Waals surface area contributed by atoms with Gasteiger partial charge in [-0.15, -0.1) is 5.10 Å². The molecule has 92 valence electrons. The Kier molecular flexibility index (Phi) is 2.52. The number of tetrazole rings is 1. The fourth-order valence-electron chi connectivity index (χ4n) is 1.68. The summed E-state index contributed by atoms with van der Waals surface area (Å²) in [4.78, 5) is 11.8. The Bertz CT molecular complexity index is 549. The average Bonchev–Trinajstić information content (AvgIpc) is 2.88. The largest absolute Gasteiger partial charge is 0.348 e. The number of nitrogens with zero attached hydrogens (tertiary/aromatic N) is 4. The average molecular weight is 244 g/mol. The molecule has 7 heteroatoms. The van der Waals surface area contributed by atoms with Crippen LogP contribution in [0, 0.1) is 0 Å². The first-order valence-electron chi connectivity index (χ1n) is 5.64. The van der Waals surface area contributed by atoms with E-state index in [0.717, 1.165) is 12.1 Å². The van der Waals surface area contributed by atoms with Gasteiger partial charge in [-0.3, -0.25) is 4.79 Å². The van der Waals surface area contributed by atoms with Gasteiger partial charge in [0, 0.05) is 17.6 Å². The predicted molar refractivity (Wildman–Crippen MR) is 63.0 cm³/mol. The Morgan fingerprint density at radius 2 is 2.11 bits per heavy atom. The molecule has 7 nitrogen and oxygen atoms in total. The third-order valence-corrected chi connectivity index (χ3v) is 2.90. The summed E-state index contributed by atoms with van der Waals surface area (Å²) in [7, 11) is 0. The number of carbonyl (C=O) groups excluding carboxylic acids is 1. The summed E-state index contributed by atoms with van der Waals surface area (Å²) in [6.45, 7) is 0. The first kappa shape index (κ1) is 10.8. The molecule has 0 bridgehead atoms. The second kappa shape index (κ2) is 4.19. The van der Waals surface area contributed by atoms with Crippen molar-refractivity contribution in [2.75, 3.05) is 0 Å². The van der Waals surface area contributed by atoms with Crippen molar-refractivity contribution in [3.05, 3.63) is 36.2 Å². The molecule has 2 atom stereocenters. The van der Waals surface area contributed by atoms with Crippen LogP contribution in [0.25, 0.3) is 5.69 Å². The van der Waals surface area contributed by atoms with Crippen molar-refractivity contribution in [1.29, 1.82) is 0 Å². The van der Waals surface area contributed by atoms with Crippen LogP contribution >= 0.6 is 0 Å². The number of nitrogens with one attached hydrogen (secondary N) is 1. The Morgan fingerprint density at radius 3 is 2.67 bits per heavy atom. The van der Waals surface area contributed by atoms with E-state index in [2.05, 4.69) is 20.8 Å². The fourth-order valence-corrected chi connectivity index (χ4v) is 1.68. The summed E-state index contributed by atoms with van der Waals surface area (Å²) in [5.41, 5.74) is 7.05. The van der Waals surface area contributed by atoms with Gasteiger partial charge in [0.2, 0.25) is 0 Å². The van der Waals surface area contributed by atoms with Gasteiger partial charge < -0.3 is 11.1 Å². The molecular weight excluding hydrogens is 232 g/mol. The van der Waals surface area contributed by atoms with E-state index in [0.29, 0.717) is 5.56 Å². The third kappa shape index (κ3) is 2.07. The minimum absolute atomic E-state index is 0.101. The van der Waals surface area contributed by atoms with Crippen molar-refractivity contribution < 1.29 is 4.79 Å². The normalized spacial score (nSPS) is 21.6. The lowest BCUT2D eigenvalue weighted by Crippen LogP contribution is -2.29. The van der Waals surface area contributed by atoms with Crippen molar-refractivity contribution in [2.45, 2.75) is 18.5 Å². The van der Waals surface area contributed by atoms with Gasteiger partial charge in [-0.1, -0.05) is 0 Å². The fraction of sp³-hybridized carbons (Fsp3) is 0.273. The number of aromatic nitrogens is 4. The number of nitrogens with two attached hydrogens (primary N) is 1. The van der Waals surface area contributed by atoms with E-state index in [-0.39, 0.29) is 18.0 Å². The van der Waals surface area contributed by atoms with Crippen LogP contribution < -0.4 is 11.1 Å². The predicted octanol–water partition coefficient (Wildman–Crippen LogP) is -0.508. The van der Waals surface area contributed by atoms with Gasteiger partial charge in [0.25, 0.3) is 5.91 Å². The van der Waals surface area contributed by atoms with Gasteiger partial charge in [-0.25, -0.2) is 4.68 Å². The van der Waals surface area contributed by atoms with Gasteiger partial charge in [0.1, 0.15) is 6.33 Å². The molecule has 1 aromatic heterocycles. The number of carbonyl (C=O) groups is 1. The number of rotatable bonds is 3. The minimum atomic E-state index is -0.101. The molecule has 1 amide bonds. The third-order valence-electron chi connectivity index (χ3n) is 2.90. The van der Waals surface area contributed by atoms with Crippen LogP contribution in [0.2, 0.25) is 0 Å². The van der Waals surface area contributed by atoms with Crippen molar-refractivity contribution in [2.24, 2.45) is 5.73 Å². The van der Waals surface area contributed by atoms with Crippen LogP contribution in [0.4, 0.5) is 0 Å². The molecule has 1 heterocycles. The Hall–Kier alpha value is -2.28. The van der Waals surface area contributed by atoms with Crippen molar-refractivity contribution in [3.63, 3.8) is 0 Å². The lowest BCUT2D eigenvalue weighted by atomic mass is 10.2. The zero-order valence-electron chi connectivity index (χ0n) is 9.52. The van der Waals surface area contributed by atoms with Gasteiger partial charge >= 0.3 is 0 Å². The summed E-state index contributed by atoms with van der Waals surface area (Å²) in [5, 5.41) is 13.7. The monoisotopic (exact) mass is 244 g/mol. The van der Waals surface area contributed by atoms with E-state index >= 15 is 0 Å². The van der Waals surface area contributed by atoms with Crippen LogP contribution in [0.5, 0.6) is 0 Å². The van der Waals surface area contributed by atoms with Crippen molar-refractivity contribution in [3.8, 4) is 5.69 Å². The number of hydrogen-bond acceptors (Lipinski definition) is 5. The maximum absolute atomic E-state index is 11.8. The molecule has 3 N–H and O–H groups in total. The first-order chi connectivity index (χ1) is 8.74. The van der Waals surface area contributed by atoms with E-state index < -0.39 is 0 Å². The summed E-state index contributed by atoms with van der Waals surface area (Å²) in [6.07, 6.45) is 2.35. The highest BCUT2D eigenvalue weighted by Gasteiger charge is 2.34. The van der Waals surface area contributed by atoms with E-state index in [1.165, 1.54) is 11.0 Å². The molecule has 1 aliphatic carbocycles. The van der Waals surface area contributed by atoms with E-state index in [9.17, 15) is 4.79 Å². The quantitative estimate of drug-likeness (QED) is 0.757. The molecule has 1 aliphatic rings. The maximum atomic E-state index is 11.8.